The van der Waals surface area contributed by atoms with Crippen LogP contribution < -0.4 is 10.1 Å². The Bertz CT molecular complexity index is 898. The third kappa shape index (κ3) is 6.24. The van der Waals surface area contributed by atoms with Gasteiger partial charge >= 0.3 is 12.4 Å². The van der Waals surface area contributed by atoms with Gasteiger partial charge in [0.15, 0.2) is 0 Å². The summed E-state index contributed by atoms with van der Waals surface area (Å²) < 4.78 is 54.7. The molecule has 0 aromatic heterocycles. The van der Waals surface area contributed by atoms with Gasteiger partial charge in [-0.3, -0.25) is 4.79 Å². The van der Waals surface area contributed by atoms with Crippen molar-refractivity contribution in [2.45, 2.75) is 57.6 Å². The van der Waals surface area contributed by atoms with E-state index in [4.69, 9.17) is 5.26 Å². The summed E-state index contributed by atoms with van der Waals surface area (Å²) in [6.45, 7) is 2.06. The van der Waals surface area contributed by atoms with Crippen LogP contribution in [-0.2, 0) is 11.3 Å². The number of likely N-dealkylation sites (tertiary alicyclic amines) is 1. The summed E-state index contributed by atoms with van der Waals surface area (Å²) in [5.41, 5.74) is 0.0139. The average Bonchev–Trinajstić information content (AvgIpc) is 3.51. The molecule has 1 heterocycles. The molecule has 2 unspecified atom stereocenters. The highest BCUT2D eigenvalue weighted by atomic mass is 19.4. The Morgan fingerprint density at radius 3 is 2.56 bits per heavy atom. The minimum Gasteiger partial charge on any atom is -0.406 e. The zero-order valence-electron chi connectivity index (χ0n) is 17.5. The number of benzene rings is 1. The van der Waals surface area contributed by atoms with Crippen molar-refractivity contribution in [1.29, 1.82) is 5.26 Å². The SMILES string of the molecule is CC(=O)N1CC(CC#N)CC(N(C(=O)NCc2ccc(OC(F)(F)F)cc2F)C2CC2)C1. The van der Waals surface area contributed by atoms with Crippen molar-refractivity contribution < 1.29 is 31.9 Å². The molecule has 11 heteroatoms. The highest BCUT2D eigenvalue weighted by molar-refractivity contribution is 5.76. The molecule has 1 aliphatic carbocycles. The van der Waals surface area contributed by atoms with Crippen LogP contribution in [0.3, 0.4) is 0 Å². The van der Waals surface area contributed by atoms with E-state index in [0.717, 1.165) is 25.0 Å². The molecule has 3 amide bonds. The van der Waals surface area contributed by atoms with E-state index in [9.17, 15) is 27.2 Å². The maximum atomic E-state index is 14.2. The van der Waals surface area contributed by atoms with E-state index in [-0.39, 0.29) is 42.4 Å². The molecule has 174 valence electrons. The fourth-order valence-corrected chi connectivity index (χ4v) is 4.02. The summed E-state index contributed by atoms with van der Waals surface area (Å²) in [7, 11) is 0. The molecule has 0 radical (unpaired) electrons. The molecule has 3 rings (SSSR count). The van der Waals surface area contributed by atoms with Crippen LogP contribution in [0.4, 0.5) is 22.4 Å². The largest absolute Gasteiger partial charge is 0.573 e. The Morgan fingerprint density at radius 2 is 2.00 bits per heavy atom. The number of alkyl halides is 3. The number of hydrogen-bond donors (Lipinski definition) is 1. The normalized spacial score (nSPS) is 20.9. The van der Waals surface area contributed by atoms with Gasteiger partial charge in [-0.1, -0.05) is 6.07 Å². The van der Waals surface area contributed by atoms with Gasteiger partial charge in [0.1, 0.15) is 11.6 Å². The van der Waals surface area contributed by atoms with E-state index in [1.54, 1.807) is 9.80 Å². The van der Waals surface area contributed by atoms with Crippen LogP contribution in [0.15, 0.2) is 18.2 Å². The lowest BCUT2D eigenvalue weighted by Crippen LogP contribution is -2.56. The van der Waals surface area contributed by atoms with Crippen molar-refractivity contribution in [2.24, 2.45) is 5.92 Å². The van der Waals surface area contributed by atoms with Crippen LogP contribution >= 0.6 is 0 Å². The first-order valence-electron chi connectivity index (χ1n) is 10.3. The zero-order chi connectivity index (χ0) is 23.5. The van der Waals surface area contributed by atoms with Crippen LogP contribution in [0.2, 0.25) is 0 Å². The molecule has 7 nitrogen and oxygen atoms in total. The van der Waals surface area contributed by atoms with Crippen molar-refractivity contribution in [2.75, 3.05) is 13.1 Å². The van der Waals surface area contributed by atoms with Crippen LogP contribution in [-0.4, -0.2) is 53.3 Å². The fraction of sp³-hybridized carbons (Fsp3) is 0.571. The molecule has 2 fully saturated rings. The number of halogens is 4. The second-order valence-electron chi connectivity index (χ2n) is 8.14. The minimum absolute atomic E-state index is 0.00190. The third-order valence-corrected chi connectivity index (χ3v) is 5.60. The Morgan fingerprint density at radius 1 is 1.28 bits per heavy atom. The summed E-state index contributed by atoms with van der Waals surface area (Å²) in [5.74, 6) is -1.79. The number of nitriles is 1. The number of urea groups is 1. The van der Waals surface area contributed by atoms with Gasteiger partial charge in [0, 0.05) is 50.7 Å². The number of carbonyl (C=O) groups excluding carboxylic acids is 2. The maximum absolute atomic E-state index is 14.2. The quantitative estimate of drug-likeness (QED) is 0.664. The highest BCUT2D eigenvalue weighted by Gasteiger charge is 2.41. The molecule has 1 saturated carbocycles. The number of nitrogens with one attached hydrogen (secondary N) is 1. The molecule has 1 aliphatic heterocycles. The molecule has 0 spiro atoms. The van der Waals surface area contributed by atoms with Gasteiger partial charge < -0.3 is 19.9 Å². The van der Waals surface area contributed by atoms with Gasteiger partial charge in [0.05, 0.1) is 12.1 Å². The molecule has 1 aromatic rings. The summed E-state index contributed by atoms with van der Waals surface area (Å²) >= 11 is 0. The first kappa shape index (κ1) is 23.6. The Hall–Kier alpha value is -3.03. The lowest BCUT2D eigenvalue weighted by molar-refractivity contribution is -0.274. The molecule has 32 heavy (non-hydrogen) atoms. The van der Waals surface area contributed by atoms with Crippen molar-refractivity contribution in [3.63, 3.8) is 0 Å². The third-order valence-electron chi connectivity index (χ3n) is 5.60. The van der Waals surface area contributed by atoms with Gasteiger partial charge in [0.2, 0.25) is 5.91 Å². The summed E-state index contributed by atoms with van der Waals surface area (Å²) in [4.78, 5) is 28.2. The van der Waals surface area contributed by atoms with Gasteiger partial charge in [-0.15, -0.1) is 13.2 Å². The topological polar surface area (TPSA) is 85.7 Å². The van der Waals surface area contributed by atoms with Gasteiger partial charge in [-0.25, -0.2) is 9.18 Å². The van der Waals surface area contributed by atoms with Gasteiger partial charge in [-0.05, 0) is 31.2 Å². The lowest BCUT2D eigenvalue weighted by atomic mass is 9.91. The molecule has 1 aromatic carbocycles. The van der Waals surface area contributed by atoms with Crippen LogP contribution in [0.1, 0.15) is 38.2 Å². The predicted molar refractivity (Wildman–Crippen MR) is 105 cm³/mol. The van der Waals surface area contributed by atoms with E-state index >= 15 is 0 Å². The van der Waals surface area contributed by atoms with Crippen molar-refractivity contribution >= 4 is 11.9 Å². The first-order valence-corrected chi connectivity index (χ1v) is 10.3. The molecule has 1 saturated heterocycles. The highest BCUT2D eigenvalue weighted by Crippen LogP contribution is 2.33. The number of amides is 3. The van der Waals surface area contributed by atoms with Crippen molar-refractivity contribution in [3.8, 4) is 11.8 Å². The van der Waals surface area contributed by atoms with E-state index in [2.05, 4.69) is 16.1 Å². The smallest absolute Gasteiger partial charge is 0.406 e. The number of ether oxygens (including phenoxy) is 1. The second-order valence-corrected chi connectivity index (χ2v) is 8.14. The van der Waals surface area contributed by atoms with Gasteiger partial charge in [-0.2, -0.15) is 5.26 Å². The Balaban J connectivity index is 1.67. The molecule has 0 bridgehead atoms. The maximum Gasteiger partial charge on any atom is 0.573 e. The van der Waals surface area contributed by atoms with E-state index < -0.39 is 24.0 Å². The number of piperidine rings is 1. The second kappa shape index (κ2) is 9.63. The number of nitrogens with zero attached hydrogens (tertiary/aromatic N) is 3. The van der Waals surface area contributed by atoms with Crippen molar-refractivity contribution in [3.05, 3.63) is 29.6 Å². The standard InChI is InChI=1S/C21H24F4N4O3/c1-13(30)28-11-14(6-7-26)8-17(12-28)29(16-3-4-16)20(31)27-10-15-2-5-18(9-19(15)22)32-21(23,24)25/h2,5,9,14,16-17H,3-4,6,8,10-12H2,1H3,(H,27,31). The monoisotopic (exact) mass is 456 g/mol. The van der Waals surface area contributed by atoms with E-state index in [0.29, 0.717) is 25.6 Å². The molecule has 1 N–H and O–H groups in total. The predicted octanol–water partition coefficient (Wildman–Crippen LogP) is 3.55. The Labute approximate surface area is 182 Å². The van der Waals surface area contributed by atoms with E-state index in [1.807, 2.05) is 0 Å². The minimum atomic E-state index is -4.93. The fourth-order valence-electron chi connectivity index (χ4n) is 4.02. The molecule has 2 atom stereocenters. The Kier molecular flexibility index (Phi) is 7.11. The first-order chi connectivity index (χ1) is 15.1. The van der Waals surface area contributed by atoms with Gasteiger partial charge in [0.25, 0.3) is 0 Å². The average molecular weight is 456 g/mol. The number of rotatable bonds is 6. The lowest BCUT2D eigenvalue weighted by Gasteiger charge is -2.42. The van der Waals surface area contributed by atoms with Crippen LogP contribution in [0, 0.1) is 23.1 Å². The summed E-state index contributed by atoms with van der Waals surface area (Å²) in [6.07, 6.45) is -2.45. The van der Waals surface area contributed by atoms with Crippen LogP contribution in [0.25, 0.3) is 0 Å². The molecular weight excluding hydrogens is 432 g/mol. The van der Waals surface area contributed by atoms with Crippen LogP contribution in [0.5, 0.6) is 5.75 Å². The molecule has 2 aliphatic rings. The summed E-state index contributed by atoms with van der Waals surface area (Å²) in [6, 6.07) is 4.14. The number of carbonyl (C=O) groups is 2. The number of hydrogen-bond acceptors (Lipinski definition) is 4. The summed E-state index contributed by atoms with van der Waals surface area (Å²) in [5, 5.41) is 11.7. The molecular formula is C21H24F4N4O3. The van der Waals surface area contributed by atoms with E-state index in [1.165, 1.54) is 6.92 Å². The zero-order valence-corrected chi connectivity index (χ0v) is 17.5. The van der Waals surface area contributed by atoms with Crippen molar-refractivity contribution in [1.82, 2.24) is 15.1 Å².